The number of nitrogens with zero attached hydrogens (tertiary/aromatic N) is 12. The van der Waals surface area contributed by atoms with Crippen molar-refractivity contribution >= 4 is 83.2 Å². The summed E-state index contributed by atoms with van der Waals surface area (Å²) in [5, 5.41) is 6.77. The molecule has 7 saturated heterocycles. The number of fused-ring (bicyclic) bond motifs is 15. The molecule has 8 aromatic carbocycles. The Labute approximate surface area is 678 Å². The van der Waals surface area contributed by atoms with E-state index in [1.165, 1.54) is 208 Å². The van der Waals surface area contributed by atoms with Gasteiger partial charge in [0, 0.05) is 192 Å². The van der Waals surface area contributed by atoms with Crippen LogP contribution in [0.2, 0.25) is 0 Å². The van der Waals surface area contributed by atoms with E-state index < -0.39 is 0 Å². The molecule has 14 unspecified atom stereocenters. The standard InChI is InChI=1S/C24H23N3.C24H32N2.C20H20N2.C18H24N2.C16H23N3/c1-17-25(2)22-14-8-5-11-19(22)20-12-6-9-15-23(20)27(17)24-16-18-10-4-7-13-21(18)26(24)3;1-17-23(22-13-19-8-4-5-9-21(19)25(22)2)14-18-12-20(15-23)24(26(17)16-18)10-6-3-7-11-24;1-13-20(16-12-22(13)18-10-6-4-8-15(16)18)19-11-14-7-3-5-9-17(14)21(19)2;1-12-17(14-9-10-20(12)18(14,2)3)16-11-13-7-5-6-8-15(13)19(16)4;1-13-17(2)10-6-7-11-19(13)16-12-14-8-4-5-9-15(14)18(16)3/h4-17H,1-3H3;4-5,8-9,13,17-18,20H,3,6-7,10-12,14-16H2,1-2H3;3-11,13,16,20H,12H2,1-2H3;5-8,11-12,14,17H,9-10H2,1-4H3;4-5,8-9,12-13H,6-7,10-11H2,1-3H3. The van der Waals surface area contributed by atoms with Crippen molar-refractivity contribution in [3.63, 3.8) is 0 Å². The van der Waals surface area contributed by atoms with Crippen LogP contribution in [-0.4, -0.2) is 126 Å². The third-order valence-electron chi connectivity index (χ3n) is 31.3. The maximum absolute atomic E-state index is 3.04. The first kappa shape index (κ1) is 74.6. The summed E-state index contributed by atoms with van der Waals surface area (Å²) in [5.74, 6) is 7.09. The van der Waals surface area contributed by atoms with E-state index in [9.17, 15) is 0 Å². The molecule has 12 heteroatoms. The lowest BCUT2D eigenvalue weighted by Gasteiger charge is -2.71. The number of hydrogen-bond donors (Lipinski definition) is 0. The lowest BCUT2D eigenvalue weighted by atomic mass is 9.48. The SMILES string of the molecule is CC1C(c2cc3ccccc3n2C)C2CCN1C2(C)C.CC1C(c2cc3ccccc3n2C)C2CN1c1ccccc12.CC1N(C)CCCCN1c1cc2ccccc2n1C.CC1N(C)c2ccccc2-c2ccccc2N1c1cc2ccccc2n1C.CC1N2CC3CC(CC1(c1cc4ccccc4n1C)C3)C21CCCCC1. The quantitative estimate of drug-likeness (QED) is 0.170. The Morgan fingerprint density at radius 1 is 0.395 bits per heavy atom. The third kappa shape index (κ3) is 11.9. The minimum absolute atomic E-state index is 0.179. The second-order valence-electron chi connectivity index (χ2n) is 36.9. The van der Waals surface area contributed by atoms with Crippen LogP contribution in [0.25, 0.3) is 65.6 Å². The lowest BCUT2D eigenvalue weighted by Crippen LogP contribution is -2.75. The molecule has 5 aromatic heterocycles. The van der Waals surface area contributed by atoms with Gasteiger partial charge in [-0.25, -0.2) is 0 Å². The first-order valence-corrected chi connectivity index (χ1v) is 43.5. The Morgan fingerprint density at radius 2 is 0.895 bits per heavy atom. The highest BCUT2D eigenvalue weighted by Gasteiger charge is 2.65. The molecule has 8 bridgehead atoms. The molecular weight excluding hydrogens is 1390 g/mol. The molecule has 14 heterocycles. The Balaban J connectivity index is 0.0000000962. The molecule has 9 aliphatic heterocycles. The van der Waals surface area contributed by atoms with Gasteiger partial charge >= 0.3 is 0 Å². The van der Waals surface area contributed by atoms with Gasteiger partial charge in [0.05, 0.1) is 11.9 Å². The van der Waals surface area contributed by atoms with Crippen LogP contribution in [0.1, 0.15) is 159 Å². The van der Waals surface area contributed by atoms with Crippen LogP contribution in [0.3, 0.4) is 0 Å². The van der Waals surface area contributed by atoms with Gasteiger partial charge in [-0.05, 0) is 238 Å². The van der Waals surface area contributed by atoms with Crippen LogP contribution in [-0.2, 0) is 40.7 Å². The fourth-order valence-electron chi connectivity index (χ4n) is 25.4. The molecule has 590 valence electrons. The largest absolute Gasteiger partial charge is 0.367 e. The van der Waals surface area contributed by atoms with Gasteiger partial charge in [0.25, 0.3) is 0 Å². The third-order valence-corrected chi connectivity index (χ3v) is 31.3. The van der Waals surface area contributed by atoms with Gasteiger partial charge in [-0.3, -0.25) is 14.7 Å². The molecule has 14 atom stereocenters. The number of benzene rings is 8. The van der Waals surface area contributed by atoms with E-state index in [4.69, 9.17) is 0 Å². The predicted molar refractivity (Wildman–Crippen MR) is 479 cm³/mol. The van der Waals surface area contributed by atoms with Gasteiger partial charge in [0.2, 0.25) is 0 Å². The van der Waals surface area contributed by atoms with Crippen molar-refractivity contribution in [2.24, 2.45) is 53.0 Å². The van der Waals surface area contributed by atoms with Crippen LogP contribution in [0.4, 0.5) is 28.7 Å². The molecule has 1 spiro atoms. The van der Waals surface area contributed by atoms with Gasteiger partial charge < -0.3 is 42.4 Å². The summed E-state index contributed by atoms with van der Waals surface area (Å²) >= 11 is 0. The van der Waals surface area contributed by atoms with Crippen LogP contribution >= 0.6 is 0 Å². The molecule has 2 aliphatic carbocycles. The molecule has 0 amide bonds. The van der Waals surface area contributed by atoms with Crippen molar-refractivity contribution in [3.8, 4) is 11.1 Å². The van der Waals surface area contributed by atoms with Crippen LogP contribution < -0.4 is 19.6 Å². The van der Waals surface area contributed by atoms with Gasteiger partial charge in [0.15, 0.2) is 0 Å². The Bertz CT molecular complexity index is 5710. The summed E-state index contributed by atoms with van der Waals surface area (Å²) in [4.78, 5) is 18.2. The summed E-state index contributed by atoms with van der Waals surface area (Å²) in [7, 11) is 15.5. The highest BCUT2D eigenvalue weighted by molar-refractivity contribution is 5.94. The highest BCUT2D eigenvalue weighted by Crippen LogP contribution is 2.65. The Morgan fingerprint density at radius 3 is 1.48 bits per heavy atom. The molecule has 0 radical (unpaired) electrons. The van der Waals surface area contributed by atoms with Crippen molar-refractivity contribution in [2.45, 2.75) is 184 Å². The molecule has 114 heavy (non-hydrogen) atoms. The minimum atomic E-state index is 0.179. The second-order valence-corrected chi connectivity index (χ2v) is 36.9. The van der Waals surface area contributed by atoms with Crippen molar-refractivity contribution in [3.05, 3.63) is 247 Å². The van der Waals surface area contributed by atoms with Gasteiger partial charge in [-0.15, -0.1) is 0 Å². The number of rotatable bonds is 5. The topological polar surface area (TPSA) is 47.3 Å². The molecule has 13 aromatic rings. The van der Waals surface area contributed by atoms with E-state index in [-0.39, 0.29) is 6.17 Å². The lowest BCUT2D eigenvalue weighted by molar-refractivity contribution is -0.183. The molecule has 12 nitrogen and oxygen atoms in total. The van der Waals surface area contributed by atoms with E-state index in [1.807, 2.05) is 0 Å². The summed E-state index contributed by atoms with van der Waals surface area (Å²) in [6.45, 7) is 23.0. The first-order valence-electron chi connectivity index (χ1n) is 43.5. The van der Waals surface area contributed by atoms with E-state index >= 15 is 0 Å². The van der Waals surface area contributed by atoms with Crippen molar-refractivity contribution < 1.29 is 0 Å². The van der Waals surface area contributed by atoms with Crippen LogP contribution in [0, 0.1) is 17.8 Å². The first-order chi connectivity index (χ1) is 55.3. The second kappa shape index (κ2) is 29.1. The zero-order valence-electron chi connectivity index (χ0n) is 70.4. The molecule has 2 saturated carbocycles. The van der Waals surface area contributed by atoms with Gasteiger partial charge in [0.1, 0.15) is 17.8 Å². The summed E-state index contributed by atoms with van der Waals surface area (Å²) in [6.07, 6.45) is 16.3. The molecule has 24 rings (SSSR count). The number of aromatic nitrogens is 5. The summed E-state index contributed by atoms with van der Waals surface area (Å²) in [6, 6.07) is 84.0. The Kier molecular flexibility index (Phi) is 19.0. The van der Waals surface area contributed by atoms with Crippen LogP contribution in [0.15, 0.2) is 224 Å². The molecular formula is C102H122N12. The monoisotopic (exact) mass is 1510 g/mol. The summed E-state index contributed by atoms with van der Waals surface area (Å²) in [5.41, 5.74) is 20.7. The zero-order valence-corrected chi connectivity index (χ0v) is 70.4. The molecule has 11 aliphatic rings. The van der Waals surface area contributed by atoms with Crippen molar-refractivity contribution in [2.75, 3.05) is 66.4 Å². The van der Waals surface area contributed by atoms with Gasteiger partial charge in [-0.1, -0.05) is 165 Å². The zero-order chi connectivity index (χ0) is 78.4. The average molecular weight is 1520 g/mol. The number of piperidine rings is 4. The number of aryl methyl sites for hydroxylation is 5. The van der Waals surface area contributed by atoms with Crippen molar-refractivity contribution in [1.29, 1.82) is 0 Å². The average Bonchev–Trinajstić information content (AvgIpc) is 1.03. The maximum atomic E-state index is 3.04. The van der Waals surface area contributed by atoms with E-state index in [1.54, 1.807) is 5.69 Å². The normalized spacial score (nSPS) is 27.9. The molecule has 0 N–H and O–H groups in total. The van der Waals surface area contributed by atoms with E-state index in [2.05, 4.69) is 379 Å². The molecule has 9 fully saturated rings. The van der Waals surface area contributed by atoms with Crippen molar-refractivity contribution in [1.82, 2.24) is 37.5 Å². The fraction of sp³-hybridized carbons (Fsp3) is 0.431. The predicted octanol–water partition coefficient (Wildman–Crippen LogP) is 22.1. The number of hydrogen-bond acceptors (Lipinski definition) is 7. The fourth-order valence-corrected chi connectivity index (χ4v) is 25.4. The number of para-hydroxylation sites is 8. The Hall–Kier alpha value is -9.46. The van der Waals surface area contributed by atoms with E-state index in [0.717, 1.165) is 24.3 Å². The van der Waals surface area contributed by atoms with E-state index in [0.29, 0.717) is 58.5 Å². The maximum Gasteiger partial charge on any atom is 0.115 e. The number of anilines is 5. The summed E-state index contributed by atoms with van der Waals surface area (Å²) < 4.78 is 12.0. The van der Waals surface area contributed by atoms with Crippen LogP contribution in [0.5, 0.6) is 0 Å². The highest BCUT2D eigenvalue weighted by atomic mass is 15.4. The van der Waals surface area contributed by atoms with Gasteiger partial charge in [-0.2, -0.15) is 0 Å². The smallest absolute Gasteiger partial charge is 0.115 e. The minimum Gasteiger partial charge on any atom is -0.367 e.